The maximum Gasteiger partial charge on any atom is 0.0955 e. The van der Waals surface area contributed by atoms with E-state index in [1.807, 2.05) is 7.05 Å². The fourth-order valence-electron chi connectivity index (χ4n) is 2.69. The van der Waals surface area contributed by atoms with E-state index in [9.17, 15) is 0 Å². The molecule has 0 fully saturated rings. The van der Waals surface area contributed by atoms with E-state index >= 15 is 0 Å². The Labute approximate surface area is 95.8 Å². The Hall–Kier alpha value is -0.900. The molecule has 1 aromatic carbocycles. The van der Waals surface area contributed by atoms with Crippen LogP contribution in [0.2, 0.25) is 0 Å². The highest BCUT2D eigenvalue weighted by molar-refractivity contribution is 5.44. The van der Waals surface area contributed by atoms with Gasteiger partial charge in [-0.05, 0) is 35.7 Å². The van der Waals surface area contributed by atoms with E-state index in [-0.39, 0.29) is 6.10 Å². The van der Waals surface area contributed by atoms with Gasteiger partial charge in [0.25, 0.3) is 0 Å². The Kier molecular flexibility index (Phi) is 2.67. The highest BCUT2D eigenvalue weighted by Gasteiger charge is 2.27. The predicted octanol–water partition coefficient (Wildman–Crippen LogP) is 1.55. The van der Waals surface area contributed by atoms with Crippen LogP contribution in [0, 0.1) is 0 Å². The van der Waals surface area contributed by atoms with Gasteiger partial charge in [-0.15, -0.1) is 0 Å². The zero-order chi connectivity index (χ0) is 11.0. The van der Waals surface area contributed by atoms with Gasteiger partial charge in [-0.2, -0.15) is 0 Å². The van der Waals surface area contributed by atoms with E-state index < -0.39 is 0 Å². The molecular weight excluding hydrogens is 202 g/mol. The fraction of sp³-hybridized carbons (Fsp3) is 0.538. The Morgan fingerprint density at radius 3 is 3.06 bits per heavy atom. The van der Waals surface area contributed by atoms with Crippen molar-refractivity contribution in [1.29, 1.82) is 0 Å². The number of ether oxygens (including phenoxy) is 2. The van der Waals surface area contributed by atoms with Crippen molar-refractivity contribution in [2.24, 2.45) is 0 Å². The van der Waals surface area contributed by atoms with Crippen molar-refractivity contribution in [3.63, 3.8) is 0 Å². The van der Waals surface area contributed by atoms with E-state index in [1.54, 1.807) is 0 Å². The molecule has 0 amide bonds. The quantitative estimate of drug-likeness (QED) is 0.818. The molecule has 2 heterocycles. The molecule has 86 valence electrons. The van der Waals surface area contributed by atoms with Crippen molar-refractivity contribution < 1.29 is 9.47 Å². The molecule has 1 aromatic rings. The minimum atomic E-state index is 0.199. The molecule has 0 bridgehead atoms. The number of hydrogen-bond acceptors (Lipinski definition) is 3. The molecule has 2 aliphatic heterocycles. The number of nitrogens with one attached hydrogen (secondary N) is 1. The van der Waals surface area contributed by atoms with Crippen molar-refractivity contribution >= 4 is 0 Å². The predicted molar refractivity (Wildman–Crippen MR) is 61.3 cm³/mol. The number of fused-ring (bicyclic) bond motifs is 3. The van der Waals surface area contributed by atoms with Crippen LogP contribution in [-0.4, -0.2) is 20.2 Å². The van der Waals surface area contributed by atoms with Crippen LogP contribution >= 0.6 is 0 Å². The standard InChI is InChI=1S/C13H17NO2/c1-14-6-12-13-9(4-5-16-12)2-3-10-7-15-8-11(10)13/h2-3,12,14H,4-8H2,1H3/t12-/m0/s1. The molecule has 0 radical (unpaired) electrons. The molecule has 0 unspecified atom stereocenters. The van der Waals surface area contributed by atoms with Crippen LogP contribution in [0.5, 0.6) is 0 Å². The van der Waals surface area contributed by atoms with Gasteiger partial charge in [0.2, 0.25) is 0 Å². The lowest BCUT2D eigenvalue weighted by Gasteiger charge is -2.28. The molecule has 0 spiro atoms. The summed E-state index contributed by atoms with van der Waals surface area (Å²) in [6.45, 7) is 3.22. The largest absolute Gasteiger partial charge is 0.372 e. The van der Waals surface area contributed by atoms with Crippen LogP contribution in [0.4, 0.5) is 0 Å². The molecule has 2 aliphatic rings. The van der Waals surface area contributed by atoms with E-state index in [2.05, 4.69) is 17.4 Å². The summed E-state index contributed by atoms with van der Waals surface area (Å²) in [7, 11) is 1.97. The van der Waals surface area contributed by atoms with Gasteiger partial charge < -0.3 is 14.8 Å². The molecule has 3 heteroatoms. The highest BCUT2D eigenvalue weighted by Crippen LogP contribution is 2.35. The molecule has 3 rings (SSSR count). The monoisotopic (exact) mass is 219 g/mol. The summed E-state index contributed by atoms with van der Waals surface area (Å²) in [6.07, 6.45) is 1.23. The molecule has 0 saturated carbocycles. The van der Waals surface area contributed by atoms with Gasteiger partial charge in [0, 0.05) is 6.54 Å². The maximum absolute atomic E-state index is 5.85. The maximum atomic E-state index is 5.85. The van der Waals surface area contributed by atoms with E-state index in [0.29, 0.717) is 0 Å². The zero-order valence-electron chi connectivity index (χ0n) is 9.58. The van der Waals surface area contributed by atoms with Gasteiger partial charge in [0.1, 0.15) is 0 Å². The summed E-state index contributed by atoms with van der Waals surface area (Å²) in [5, 5.41) is 3.20. The second-order valence-electron chi connectivity index (χ2n) is 4.44. The average molecular weight is 219 g/mol. The lowest BCUT2D eigenvalue weighted by molar-refractivity contribution is 0.0421. The molecule has 3 nitrogen and oxygen atoms in total. The smallest absolute Gasteiger partial charge is 0.0955 e. The zero-order valence-corrected chi connectivity index (χ0v) is 9.58. The van der Waals surface area contributed by atoms with Gasteiger partial charge in [0.15, 0.2) is 0 Å². The van der Waals surface area contributed by atoms with Gasteiger partial charge in [-0.1, -0.05) is 12.1 Å². The lowest BCUT2D eigenvalue weighted by Crippen LogP contribution is -2.26. The summed E-state index contributed by atoms with van der Waals surface area (Å²) in [4.78, 5) is 0. The van der Waals surface area contributed by atoms with Crippen LogP contribution in [-0.2, 0) is 29.1 Å². The molecule has 0 aliphatic carbocycles. The molecule has 1 atom stereocenters. The van der Waals surface area contributed by atoms with Gasteiger partial charge in [-0.25, -0.2) is 0 Å². The summed E-state index contributed by atoms with van der Waals surface area (Å²) in [6, 6.07) is 4.46. The van der Waals surface area contributed by atoms with Crippen molar-refractivity contribution in [2.75, 3.05) is 20.2 Å². The Balaban J connectivity index is 2.06. The van der Waals surface area contributed by atoms with Crippen LogP contribution in [0.1, 0.15) is 28.4 Å². The van der Waals surface area contributed by atoms with Crippen LogP contribution < -0.4 is 5.32 Å². The Bertz CT molecular complexity index is 403. The SMILES string of the molecule is CNC[C@@H]1OCCc2ccc3c(c21)COC3. The minimum absolute atomic E-state index is 0.199. The lowest BCUT2D eigenvalue weighted by atomic mass is 9.90. The third kappa shape index (κ3) is 1.56. The molecule has 0 aromatic heterocycles. The second-order valence-corrected chi connectivity index (χ2v) is 4.44. The summed E-state index contributed by atoms with van der Waals surface area (Å²) < 4.78 is 11.4. The topological polar surface area (TPSA) is 30.5 Å². The molecule has 16 heavy (non-hydrogen) atoms. The fourth-order valence-corrected chi connectivity index (χ4v) is 2.69. The number of benzene rings is 1. The van der Waals surface area contributed by atoms with Crippen LogP contribution in [0.15, 0.2) is 12.1 Å². The van der Waals surface area contributed by atoms with Gasteiger partial charge in [0.05, 0.1) is 25.9 Å². The first-order chi connectivity index (χ1) is 7.90. The summed E-state index contributed by atoms with van der Waals surface area (Å²) >= 11 is 0. The first-order valence-corrected chi connectivity index (χ1v) is 5.87. The van der Waals surface area contributed by atoms with Gasteiger partial charge in [-0.3, -0.25) is 0 Å². The van der Waals surface area contributed by atoms with Crippen molar-refractivity contribution in [3.8, 4) is 0 Å². The number of hydrogen-bond donors (Lipinski definition) is 1. The second kappa shape index (κ2) is 4.17. The Morgan fingerprint density at radius 2 is 2.19 bits per heavy atom. The Morgan fingerprint density at radius 1 is 1.31 bits per heavy atom. The average Bonchev–Trinajstić information content (AvgIpc) is 2.77. The first-order valence-electron chi connectivity index (χ1n) is 5.87. The highest BCUT2D eigenvalue weighted by atomic mass is 16.5. The van der Waals surface area contributed by atoms with Crippen molar-refractivity contribution in [1.82, 2.24) is 5.32 Å². The third-order valence-corrected chi connectivity index (χ3v) is 3.45. The van der Waals surface area contributed by atoms with Crippen LogP contribution in [0.25, 0.3) is 0 Å². The minimum Gasteiger partial charge on any atom is -0.372 e. The number of likely N-dealkylation sites (N-methyl/N-ethyl adjacent to an activating group) is 1. The first kappa shape index (κ1) is 10.3. The molecular formula is C13H17NO2. The van der Waals surface area contributed by atoms with Gasteiger partial charge >= 0.3 is 0 Å². The van der Waals surface area contributed by atoms with Crippen LogP contribution in [0.3, 0.4) is 0 Å². The molecule has 1 N–H and O–H groups in total. The normalized spacial score (nSPS) is 22.9. The summed E-state index contributed by atoms with van der Waals surface area (Å²) in [5.41, 5.74) is 5.54. The van der Waals surface area contributed by atoms with E-state index in [4.69, 9.17) is 9.47 Å². The molecule has 0 saturated heterocycles. The van der Waals surface area contributed by atoms with E-state index in [0.717, 1.165) is 32.8 Å². The third-order valence-electron chi connectivity index (χ3n) is 3.45. The van der Waals surface area contributed by atoms with Crippen molar-refractivity contribution in [2.45, 2.75) is 25.7 Å². The van der Waals surface area contributed by atoms with E-state index in [1.165, 1.54) is 22.3 Å². The number of rotatable bonds is 2. The summed E-state index contributed by atoms with van der Waals surface area (Å²) in [5.74, 6) is 0. The van der Waals surface area contributed by atoms with Crippen molar-refractivity contribution in [3.05, 3.63) is 34.4 Å².